The molecule has 0 aliphatic carbocycles. The van der Waals surface area contributed by atoms with E-state index in [0.29, 0.717) is 19.3 Å². The normalized spacial score (nSPS) is 18.7. The number of carbonyl (C=O) groups excluding carboxylic acids is 3. The van der Waals surface area contributed by atoms with E-state index in [1.165, 1.54) is 57.8 Å². The molecule has 6 unspecified atom stereocenters. The van der Waals surface area contributed by atoms with Gasteiger partial charge in [-0.05, 0) is 96.3 Å². The van der Waals surface area contributed by atoms with E-state index in [0.717, 1.165) is 122 Å². The summed E-state index contributed by atoms with van der Waals surface area (Å²) in [5.74, 6) is -3.18. The molecule has 438 valence electrons. The standard InChI is InChI=1S/C65H106O12/c1-4-7-10-13-16-19-22-25-27-28-29-30-32-35-38-41-44-47-50-53-59(68)76-63-61(70)60(69)62(64(71)72)77-65(63)74-55-56(75-58(67)52-49-46-43-40-37-33-24-21-18-15-12-9-6-3)54-73-57(66)51-48-45-42-39-36-34-31-26-23-20-17-14-11-8-5-2/h7-8,10-11,16-17,19-20,25-27,29-31,35,38,56,60-63,65,69-70H,4-6,9,12-15,18,21-24,28,32-34,36-37,39-55H2,1-3H3,(H,71,72)/b10-7-,11-8-,19-16-,20-17-,27-25-,30-29-,31-26-,38-35-. The lowest BCUT2D eigenvalue weighted by Crippen LogP contribution is -2.61. The molecular weight excluding hydrogens is 973 g/mol. The average molecular weight is 1080 g/mol. The molecular formula is C65H106O12. The summed E-state index contributed by atoms with van der Waals surface area (Å²) in [7, 11) is 0. The number of hydrogen-bond donors (Lipinski definition) is 3. The predicted octanol–water partition coefficient (Wildman–Crippen LogP) is 15.7. The summed E-state index contributed by atoms with van der Waals surface area (Å²) in [4.78, 5) is 51.2. The van der Waals surface area contributed by atoms with Crippen LogP contribution in [0.1, 0.15) is 239 Å². The zero-order valence-corrected chi connectivity index (χ0v) is 48.2. The fourth-order valence-corrected chi connectivity index (χ4v) is 8.58. The lowest BCUT2D eigenvalue weighted by Gasteiger charge is -2.40. The van der Waals surface area contributed by atoms with Crippen LogP contribution < -0.4 is 0 Å². The molecule has 0 bridgehead atoms. The minimum absolute atomic E-state index is 0.0165. The molecule has 0 spiro atoms. The fourth-order valence-electron chi connectivity index (χ4n) is 8.58. The van der Waals surface area contributed by atoms with Crippen molar-refractivity contribution in [3.63, 3.8) is 0 Å². The Balaban J connectivity index is 2.71. The summed E-state index contributed by atoms with van der Waals surface area (Å²) >= 11 is 0. The molecule has 1 heterocycles. The summed E-state index contributed by atoms with van der Waals surface area (Å²) < 4.78 is 28.4. The van der Waals surface area contributed by atoms with Gasteiger partial charge in [0.1, 0.15) is 18.8 Å². The maximum atomic E-state index is 13.1. The number of esters is 3. The smallest absolute Gasteiger partial charge is 0.335 e. The van der Waals surface area contributed by atoms with Crippen molar-refractivity contribution >= 4 is 23.9 Å². The van der Waals surface area contributed by atoms with Gasteiger partial charge in [0.25, 0.3) is 0 Å². The first-order chi connectivity index (χ1) is 37.6. The Morgan fingerprint density at radius 2 is 0.818 bits per heavy atom. The van der Waals surface area contributed by atoms with Crippen LogP contribution in [0.25, 0.3) is 0 Å². The first kappa shape index (κ1) is 70.7. The Labute approximate surface area is 466 Å². The molecule has 1 aliphatic rings. The van der Waals surface area contributed by atoms with E-state index >= 15 is 0 Å². The number of unbranched alkanes of at least 4 members (excludes halogenated alkanes) is 20. The Morgan fingerprint density at radius 1 is 0.442 bits per heavy atom. The lowest BCUT2D eigenvalue weighted by molar-refractivity contribution is -0.301. The highest BCUT2D eigenvalue weighted by atomic mass is 16.7. The molecule has 12 heteroatoms. The maximum absolute atomic E-state index is 13.1. The number of aliphatic hydroxyl groups excluding tert-OH is 2. The zero-order chi connectivity index (χ0) is 56.1. The molecule has 77 heavy (non-hydrogen) atoms. The van der Waals surface area contributed by atoms with Gasteiger partial charge in [-0.3, -0.25) is 14.4 Å². The van der Waals surface area contributed by atoms with Crippen molar-refractivity contribution in [1.29, 1.82) is 0 Å². The highest BCUT2D eigenvalue weighted by molar-refractivity contribution is 5.74. The molecule has 6 atom stereocenters. The number of ether oxygens (including phenoxy) is 5. The van der Waals surface area contributed by atoms with Crippen molar-refractivity contribution in [3.8, 4) is 0 Å². The second-order valence-electron chi connectivity index (χ2n) is 20.2. The van der Waals surface area contributed by atoms with Crippen LogP contribution in [-0.4, -0.2) is 89.2 Å². The van der Waals surface area contributed by atoms with Gasteiger partial charge in [-0.1, -0.05) is 221 Å². The van der Waals surface area contributed by atoms with E-state index in [2.05, 4.69) is 118 Å². The Bertz CT molecular complexity index is 1710. The number of aliphatic hydroxyl groups is 2. The largest absolute Gasteiger partial charge is 0.479 e. The minimum Gasteiger partial charge on any atom is -0.479 e. The number of rotatable bonds is 50. The SMILES string of the molecule is CC/C=C\C/C=C\C/C=C\C/C=C\C/C=C\CCCCCC(=O)OC1C(OCC(COC(=O)CCCCCCC/C=C\C/C=C\C/C=C\CC)OC(=O)CCCCCCCCCCCCCCC)OC(C(=O)O)C(O)C1O. The van der Waals surface area contributed by atoms with E-state index in [1.807, 2.05) is 0 Å². The van der Waals surface area contributed by atoms with Gasteiger partial charge < -0.3 is 39.0 Å². The molecule has 1 rings (SSSR count). The fraction of sp³-hybridized carbons (Fsp3) is 0.692. The number of allylic oxidation sites excluding steroid dienone is 16. The highest BCUT2D eigenvalue weighted by Crippen LogP contribution is 2.26. The van der Waals surface area contributed by atoms with Crippen molar-refractivity contribution in [1.82, 2.24) is 0 Å². The molecule has 0 aromatic carbocycles. The van der Waals surface area contributed by atoms with Crippen molar-refractivity contribution in [3.05, 3.63) is 97.2 Å². The molecule has 0 saturated carbocycles. The Kier molecular flexibility index (Phi) is 48.0. The summed E-state index contributed by atoms with van der Waals surface area (Å²) in [6.07, 6.45) is 56.5. The third-order valence-electron chi connectivity index (χ3n) is 13.2. The third-order valence-corrected chi connectivity index (χ3v) is 13.2. The Hall–Kier alpha value is -4.36. The highest BCUT2D eigenvalue weighted by Gasteiger charge is 2.50. The van der Waals surface area contributed by atoms with Crippen molar-refractivity contribution < 1.29 is 58.2 Å². The van der Waals surface area contributed by atoms with Gasteiger partial charge in [-0.15, -0.1) is 0 Å². The molecule has 12 nitrogen and oxygen atoms in total. The van der Waals surface area contributed by atoms with Gasteiger partial charge >= 0.3 is 23.9 Å². The van der Waals surface area contributed by atoms with E-state index in [-0.39, 0.29) is 25.9 Å². The molecule has 1 fully saturated rings. The second-order valence-corrected chi connectivity index (χ2v) is 20.2. The monoisotopic (exact) mass is 1080 g/mol. The summed E-state index contributed by atoms with van der Waals surface area (Å²) in [6.45, 7) is 5.74. The van der Waals surface area contributed by atoms with Crippen LogP contribution in [0.5, 0.6) is 0 Å². The van der Waals surface area contributed by atoms with Crippen LogP contribution in [0, 0.1) is 0 Å². The van der Waals surface area contributed by atoms with E-state index < -0.39 is 67.3 Å². The van der Waals surface area contributed by atoms with E-state index in [9.17, 15) is 34.5 Å². The molecule has 0 aromatic heterocycles. The van der Waals surface area contributed by atoms with E-state index in [4.69, 9.17) is 23.7 Å². The van der Waals surface area contributed by atoms with Crippen LogP contribution in [0.3, 0.4) is 0 Å². The van der Waals surface area contributed by atoms with Crippen molar-refractivity contribution in [2.45, 2.75) is 276 Å². The van der Waals surface area contributed by atoms with Crippen molar-refractivity contribution in [2.75, 3.05) is 13.2 Å². The average Bonchev–Trinajstić information content (AvgIpc) is 3.42. The van der Waals surface area contributed by atoms with Gasteiger partial charge in [-0.2, -0.15) is 0 Å². The van der Waals surface area contributed by atoms with Gasteiger partial charge in [0, 0.05) is 19.3 Å². The second kappa shape index (κ2) is 52.3. The van der Waals surface area contributed by atoms with Crippen LogP contribution in [0.2, 0.25) is 0 Å². The number of carboxylic acid groups (broad SMARTS) is 1. The number of hydrogen-bond acceptors (Lipinski definition) is 11. The molecule has 0 aromatic rings. The molecule has 3 N–H and O–H groups in total. The molecule has 1 saturated heterocycles. The summed E-state index contributed by atoms with van der Waals surface area (Å²) in [5, 5.41) is 31.5. The zero-order valence-electron chi connectivity index (χ0n) is 48.2. The first-order valence-electron chi connectivity index (χ1n) is 30.2. The maximum Gasteiger partial charge on any atom is 0.335 e. The molecule has 1 aliphatic heterocycles. The van der Waals surface area contributed by atoms with E-state index in [1.54, 1.807) is 0 Å². The molecule has 0 radical (unpaired) electrons. The predicted molar refractivity (Wildman–Crippen MR) is 312 cm³/mol. The van der Waals surface area contributed by atoms with Crippen LogP contribution in [0.4, 0.5) is 0 Å². The Morgan fingerprint density at radius 3 is 1.26 bits per heavy atom. The minimum atomic E-state index is -1.92. The topological polar surface area (TPSA) is 175 Å². The number of carbonyl (C=O) groups is 4. The van der Waals surface area contributed by atoms with Gasteiger partial charge in [0.05, 0.1) is 6.61 Å². The van der Waals surface area contributed by atoms with Crippen LogP contribution in [-0.2, 0) is 42.9 Å². The number of carboxylic acids is 1. The quantitative estimate of drug-likeness (QED) is 0.0228. The van der Waals surface area contributed by atoms with Gasteiger partial charge in [0.2, 0.25) is 0 Å². The molecule has 0 amide bonds. The van der Waals surface area contributed by atoms with Crippen molar-refractivity contribution in [2.24, 2.45) is 0 Å². The van der Waals surface area contributed by atoms with Gasteiger partial charge in [0.15, 0.2) is 24.6 Å². The number of aliphatic carboxylic acids is 1. The summed E-state index contributed by atoms with van der Waals surface area (Å²) in [5.41, 5.74) is 0. The lowest BCUT2D eigenvalue weighted by atomic mass is 9.98. The van der Waals surface area contributed by atoms with Crippen LogP contribution >= 0.6 is 0 Å². The first-order valence-corrected chi connectivity index (χ1v) is 30.2. The summed E-state index contributed by atoms with van der Waals surface area (Å²) in [6, 6.07) is 0. The third kappa shape index (κ3) is 42.3. The van der Waals surface area contributed by atoms with Crippen LogP contribution in [0.15, 0.2) is 97.2 Å². The van der Waals surface area contributed by atoms with Gasteiger partial charge in [-0.25, -0.2) is 4.79 Å².